The van der Waals surface area contributed by atoms with Crippen molar-refractivity contribution in [3.8, 4) is 0 Å². The molecule has 1 aliphatic rings. The third kappa shape index (κ3) is 3.28. The Labute approximate surface area is 172 Å². The Hall–Kier alpha value is -1.51. The molecule has 0 radical (unpaired) electrons. The molecule has 1 fully saturated rings. The van der Waals surface area contributed by atoms with Gasteiger partial charge < -0.3 is 4.90 Å². The Balaban J connectivity index is 2.07. The van der Waals surface area contributed by atoms with E-state index >= 15 is 0 Å². The Morgan fingerprint density at radius 3 is 2.07 bits per heavy atom. The van der Waals surface area contributed by atoms with Gasteiger partial charge in [-0.05, 0) is 60.4 Å². The summed E-state index contributed by atoms with van der Waals surface area (Å²) in [6, 6.07) is 13.3. The van der Waals surface area contributed by atoms with Crippen molar-refractivity contribution in [3.63, 3.8) is 0 Å². The number of amides is 1. The number of hydrogen-bond acceptors (Lipinski definition) is 1. The lowest BCUT2D eigenvalue weighted by molar-refractivity contribution is 0.0973. The summed E-state index contributed by atoms with van der Waals surface area (Å²) in [5.74, 6) is 0.271. The lowest BCUT2D eigenvalue weighted by atomic mass is 10.0. The number of rotatable bonds is 4. The van der Waals surface area contributed by atoms with Crippen LogP contribution in [0, 0.1) is 23.7 Å². The minimum absolute atomic E-state index is 0.0287. The predicted molar refractivity (Wildman–Crippen MR) is 115 cm³/mol. The molecule has 2 aromatic carbocycles. The first kappa shape index (κ1) is 20.2. The van der Waals surface area contributed by atoms with Gasteiger partial charge in [-0.2, -0.15) is 0 Å². The van der Waals surface area contributed by atoms with E-state index in [0.717, 1.165) is 11.3 Å². The third-order valence-corrected chi connectivity index (χ3v) is 7.47. The summed E-state index contributed by atoms with van der Waals surface area (Å²) in [7, 11) is 0. The van der Waals surface area contributed by atoms with Gasteiger partial charge in [0.05, 0.1) is 10.6 Å². The van der Waals surface area contributed by atoms with E-state index in [2.05, 4.69) is 34.6 Å². The van der Waals surface area contributed by atoms with Gasteiger partial charge in [0, 0.05) is 16.8 Å². The van der Waals surface area contributed by atoms with Crippen molar-refractivity contribution in [1.82, 2.24) is 0 Å². The van der Waals surface area contributed by atoms with E-state index in [0.29, 0.717) is 21.5 Å². The molecular weight excluding hydrogens is 377 g/mol. The number of hydrogen-bond donors (Lipinski definition) is 0. The van der Waals surface area contributed by atoms with Crippen molar-refractivity contribution in [2.45, 2.75) is 47.6 Å². The molecule has 1 amide bonds. The van der Waals surface area contributed by atoms with Crippen molar-refractivity contribution in [1.29, 1.82) is 0 Å². The Morgan fingerprint density at radius 1 is 1.00 bits per heavy atom. The number of carbonyl (C=O) groups is 1. The maximum Gasteiger partial charge on any atom is 0.260 e. The average Bonchev–Trinajstić information content (AvgIpc) is 3.00. The highest BCUT2D eigenvalue weighted by Gasteiger charge is 2.67. The molecule has 2 nitrogen and oxygen atoms in total. The van der Waals surface area contributed by atoms with Crippen molar-refractivity contribution in [3.05, 3.63) is 63.6 Å². The zero-order valence-electron chi connectivity index (χ0n) is 16.8. The third-order valence-electron chi connectivity index (χ3n) is 6.75. The van der Waals surface area contributed by atoms with Gasteiger partial charge in [0.25, 0.3) is 5.91 Å². The van der Waals surface area contributed by atoms with Gasteiger partial charge in [0.15, 0.2) is 0 Å². The molecule has 1 atom stereocenters. The van der Waals surface area contributed by atoms with Crippen LogP contribution in [0.3, 0.4) is 0 Å². The van der Waals surface area contributed by atoms with Crippen LogP contribution >= 0.6 is 23.2 Å². The quantitative estimate of drug-likeness (QED) is 0.536. The first-order valence-corrected chi connectivity index (χ1v) is 10.1. The van der Waals surface area contributed by atoms with Gasteiger partial charge in [-0.1, -0.05) is 69.1 Å². The summed E-state index contributed by atoms with van der Waals surface area (Å²) < 4.78 is 0. The number of carbonyl (C=O) groups excluding carboxylic acids is 1. The molecule has 27 heavy (non-hydrogen) atoms. The molecule has 0 heterocycles. The van der Waals surface area contributed by atoms with Gasteiger partial charge in [-0.15, -0.1) is 0 Å². The number of halogens is 2. The van der Waals surface area contributed by atoms with Gasteiger partial charge in [-0.25, -0.2) is 0 Å². The second kappa shape index (κ2) is 6.83. The second-order valence-corrected chi connectivity index (χ2v) is 9.57. The molecule has 0 unspecified atom stereocenters. The van der Waals surface area contributed by atoms with E-state index in [1.807, 2.05) is 42.2 Å². The fraction of sp³-hybridized carbons (Fsp3) is 0.435. The van der Waals surface area contributed by atoms with Crippen LogP contribution < -0.4 is 4.90 Å². The lowest BCUT2D eigenvalue weighted by Crippen LogP contribution is -2.41. The van der Waals surface area contributed by atoms with Crippen LogP contribution in [-0.2, 0) is 0 Å². The molecule has 0 saturated heterocycles. The molecular formula is C23H27Cl2NO. The predicted octanol–water partition coefficient (Wildman–Crippen LogP) is 7.02. The van der Waals surface area contributed by atoms with Crippen LogP contribution in [0.2, 0.25) is 10.0 Å². The number of nitrogens with zero attached hydrogens (tertiary/aromatic N) is 1. The molecule has 0 aliphatic heterocycles. The molecule has 1 aliphatic carbocycles. The molecule has 0 bridgehead atoms. The van der Waals surface area contributed by atoms with Gasteiger partial charge in [0.2, 0.25) is 0 Å². The maximum atomic E-state index is 13.6. The summed E-state index contributed by atoms with van der Waals surface area (Å²) in [5, 5.41) is 0.986. The van der Waals surface area contributed by atoms with E-state index in [1.165, 1.54) is 0 Å². The first-order valence-electron chi connectivity index (χ1n) is 9.34. The SMILES string of the molecule is Cc1cc(Cl)c(C(=O)N(c2ccccc2)[C@@H](C)C2C(C)(C)C2(C)C)cc1Cl. The monoisotopic (exact) mass is 403 g/mol. The minimum atomic E-state index is -0.112. The van der Waals surface area contributed by atoms with E-state index in [1.54, 1.807) is 12.1 Å². The number of anilines is 1. The average molecular weight is 404 g/mol. The van der Waals surface area contributed by atoms with Crippen molar-refractivity contribution < 1.29 is 4.79 Å². The number of benzene rings is 2. The summed E-state index contributed by atoms with van der Waals surface area (Å²) in [6.45, 7) is 13.1. The van der Waals surface area contributed by atoms with Gasteiger partial charge >= 0.3 is 0 Å². The smallest absolute Gasteiger partial charge is 0.260 e. The van der Waals surface area contributed by atoms with E-state index in [4.69, 9.17) is 23.2 Å². The number of aryl methyl sites for hydroxylation is 1. The molecule has 1 saturated carbocycles. The zero-order chi connectivity index (χ0) is 20.1. The molecule has 0 aromatic heterocycles. The highest BCUT2D eigenvalue weighted by molar-refractivity contribution is 6.36. The van der Waals surface area contributed by atoms with Crippen LogP contribution in [0.1, 0.15) is 50.5 Å². The topological polar surface area (TPSA) is 20.3 Å². The fourth-order valence-electron chi connectivity index (χ4n) is 4.67. The standard InChI is InChI=1S/C23H27Cl2NO/c1-14-12-19(25)17(13-18(14)24)21(27)26(16-10-8-7-9-11-16)15(2)20-22(3,4)23(20,5)6/h7-13,15,20H,1-6H3/t15-/m0/s1. The largest absolute Gasteiger partial charge is 0.305 e. The molecule has 0 spiro atoms. The molecule has 2 aromatic rings. The van der Waals surface area contributed by atoms with E-state index in [9.17, 15) is 4.79 Å². The molecule has 0 N–H and O–H groups in total. The first-order chi connectivity index (χ1) is 12.5. The Kier molecular flexibility index (Phi) is 5.12. The summed E-state index contributed by atoms with van der Waals surface area (Å²) in [5.41, 5.74) is 2.51. The maximum absolute atomic E-state index is 13.6. The highest BCUT2D eigenvalue weighted by atomic mass is 35.5. The van der Waals surface area contributed by atoms with E-state index in [-0.39, 0.29) is 22.8 Å². The summed E-state index contributed by atoms with van der Waals surface area (Å²) in [4.78, 5) is 15.5. The van der Waals surface area contributed by atoms with Crippen LogP contribution in [0.5, 0.6) is 0 Å². The summed E-state index contributed by atoms with van der Waals surface area (Å²) >= 11 is 12.7. The number of para-hydroxylation sites is 1. The van der Waals surface area contributed by atoms with Gasteiger partial charge in [0.1, 0.15) is 0 Å². The van der Waals surface area contributed by atoms with Gasteiger partial charge in [-0.3, -0.25) is 4.79 Å². The fourth-order valence-corrected chi connectivity index (χ4v) is 5.13. The molecule has 4 heteroatoms. The molecule has 3 rings (SSSR count). The van der Waals surface area contributed by atoms with Crippen molar-refractivity contribution in [2.75, 3.05) is 4.90 Å². The highest BCUT2D eigenvalue weighted by Crippen LogP contribution is 2.70. The van der Waals surface area contributed by atoms with Crippen molar-refractivity contribution >= 4 is 34.8 Å². The van der Waals surface area contributed by atoms with Crippen LogP contribution in [-0.4, -0.2) is 11.9 Å². The molecule has 144 valence electrons. The van der Waals surface area contributed by atoms with Crippen LogP contribution in [0.4, 0.5) is 5.69 Å². The zero-order valence-corrected chi connectivity index (χ0v) is 18.3. The Bertz CT molecular complexity index is 859. The normalized spacial score (nSPS) is 18.8. The second-order valence-electron chi connectivity index (χ2n) is 8.75. The van der Waals surface area contributed by atoms with Crippen LogP contribution in [0.15, 0.2) is 42.5 Å². The van der Waals surface area contributed by atoms with Crippen molar-refractivity contribution in [2.24, 2.45) is 16.7 Å². The van der Waals surface area contributed by atoms with Crippen LogP contribution in [0.25, 0.3) is 0 Å². The Morgan fingerprint density at radius 2 is 1.56 bits per heavy atom. The lowest BCUT2D eigenvalue weighted by Gasteiger charge is -2.31. The summed E-state index contributed by atoms with van der Waals surface area (Å²) in [6.07, 6.45) is 0. The minimum Gasteiger partial charge on any atom is -0.305 e. The van der Waals surface area contributed by atoms with E-state index < -0.39 is 0 Å².